The maximum absolute atomic E-state index is 3.39. The van der Waals surface area contributed by atoms with E-state index in [1.54, 1.807) is 0 Å². The van der Waals surface area contributed by atoms with Crippen molar-refractivity contribution in [3.63, 3.8) is 0 Å². The molecule has 0 aliphatic heterocycles. The van der Waals surface area contributed by atoms with E-state index < -0.39 is 0 Å². The van der Waals surface area contributed by atoms with Crippen LogP contribution in [0.25, 0.3) is 0 Å². The zero-order valence-electron chi connectivity index (χ0n) is 10.6. The van der Waals surface area contributed by atoms with Gasteiger partial charge in [0.25, 0.3) is 0 Å². The second-order valence-corrected chi connectivity index (χ2v) is 4.84. The number of aryl methyl sites for hydroxylation is 2. The van der Waals surface area contributed by atoms with Gasteiger partial charge in [0.05, 0.1) is 0 Å². The fourth-order valence-electron chi connectivity index (χ4n) is 2.11. The summed E-state index contributed by atoms with van der Waals surface area (Å²) in [7, 11) is 2.05. The Kier molecular flexibility index (Phi) is 4.34. The molecule has 0 spiro atoms. The Hall–Kier alpha value is -0.820. The van der Waals surface area contributed by atoms with Crippen LogP contribution in [0.4, 0.5) is 0 Å². The van der Waals surface area contributed by atoms with Gasteiger partial charge in [0.2, 0.25) is 0 Å². The van der Waals surface area contributed by atoms with Crippen LogP contribution in [0.5, 0.6) is 0 Å². The second-order valence-electron chi connectivity index (χ2n) is 4.84. The Morgan fingerprint density at radius 1 is 1.07 bits per heavy atom. The van der Waals surface area contributed by atoms with Gasteiger partial charge in [0.15, 0.2) is 0 Å². The molecule has 1 aromatic rings. The lowest BCUT2D eigenvalue weighted by Crippen LogP contribution is -2.32. The monoisotopic (exact) mass is 205 g/mol. The predicted octanol–water partition coefficient (Wildman–Crippen LogP) is 3.09. The number of benzene rings is 1. The van der Waals surface area contributed by atoms with Crippen LogP contribution in [-0.2, 0) is 6.42 Å². The van der Waals surface area contributed by atoms with E-state index in [1.165, 1.54) is 16.7 Å². The molecular weight excluding hydrogens is 182 g/mol. The van der Waals surface area contributed by atoms with Crippen LogP contribution in [0.1, 0.15) is 30.5 Å². The molecule has 15 heavy (non-hydrogen) atoms. The van der Waals surface area contributed by atoms with E-state index in [2.05, 4.69) is 51.2 Å². The highest BCUT2D eigenvalue weighted by atomic mass is 14.9. The van der Waals surface area contributed by atoms with E-state index >= 15 is 0 Å². The summed E-state index contributed by atoms with van der Waals surface area (Å²) in [6.45, 7) is 8.87. The minimum Gasteiger partial charge on any atom is -0.316 e. The Morgan fingerprint density at radius 3 is 2.00 bits per heavy atom. The predicted molar refractivity (Wildman–Crippen MR) is 67.3 cm³/mol. The number of hydrogen-bond donors (Lipinski definition) is 1. The summed E-state index contributed by atoms with van der Waals surface area (Å²) >= 11 is 0. The average Bonchev–Trinajstić information content (AvgIpc) is 2.12. The van der Waals surface area contributed by atoms with Crippen LogP contribution >= 0.6 is 0 Å². The van der Waals surface area contributed by atoms with Gasteiger partial charge < -0.3 is 5.32 Å². The second kappa shape index (κ2) is 5.32. The number of likely N-dealkylation sites (N-methyl/N-ethyl adjacent to an activating group) is 1. The molecule has 1 rings (SSSR count). The van der Waals surface area contributed by atoms with Gasteiger partial charge in [0, 0.05) is 6.04 Å². The van der Waals surface area contributed by atoms with Crippen molar-refractivity contribution in [2.45, 2.75) is 40.2 Å². The van der Waals surface area contributed by atoms with Gasteiger partial charge in [-0.2, -0.15) is 0 Å². The van der Waals surface area contributed by atoms with Gasteiger partial charge in [-0.15, -0.1) is 0 Å². The maximum atomic E-state index is 3.39. The molecule has 0 aromatic heterocycles. The molecule has 0 radical (unpaired) electrons. The van der Waals surface area contributed by atoms with Gasteiger partial charge in [-0.1, -0.05) is 43.2 Å². The molecule has 0 saturated carbocycles. The molecule has 1 nitrogen and oxygen atoms in total. The van der Waals surface area contributed by atoms with Gasteiger partial charge in [-0.3, -0.25) is 0 Å². The van der Waals surface area contributed by atoms with Crippen molar-refractivity contribution in [3.8, 4) is 0 Å². The summed E-state index contributed by atoms with van der Waals surface area (Å²) in [6, 6.07) is 7.39. The van der Waals surface area contributed by atoms with Crippen LogP contribution in [0.2, 0.25) is 0 Å². The zero-order valence-corrected chi connectivity index (χ0v) is 10.6. The lowest BCUT2D eigenvalue weighted by molar-refractivity contribution is 0.424. The summed E-state index contributed by atoms with van der Waals surface area (Å²) in [6.07, 6.45) is 1.12. The molecule has 0 saturated heterocycles. The summed E-state index contributed by atoms with van der Waals surface area (Å²) in [5.74, 6) is 0.677. The molecule has 1 atom stereocenters. The van der Waals surface area contributed by atoms with Crippen molar-refractivity contribution >= 4 is 0 Å². The molecular formula is C14H23N. The molecule has 1 N–H and O–H groups in total. The van der Waals surface area contributed by atoms with Gasteiger partial charge in [-0.05, 0) is 38.8 Å². The first-order valence-corrected chi connectivity index (χ1v) is 5.77. The van der Waals surface area contributed by atoms with Crippen molar-refractivity contribution in [1.82, 2.24) is 5.32 Å². The first-order chi connectivity index (χ1) is 7.02. The molecule has 0 amide bonds. The zero-order chi connectivity index (χ0) is 11.4. The summed E-state index contributed by atoms with van der Waals surface area (Å²) in [5, 5.41) is 3.39. The minimum atomic E-state index is 0.575. The molecule has 0 aliphatic rings. The highest BCUT2D eigenvalue weighted by Crippen LogP contribution is 2.14. The van der Waals surface area contributed by atoms with Crippen LogP contribution in [0.3, 0.4) is 0 Å². The first kappa shape index (κ1) is 12.3. The molecule has 1 aromatic carbocycles. The van der Waals surface area contributed by atoms with Crippen molar-refractivity contribution in [2.24, 2.45) is 5.92 Å². The Balaban J connectivity index is 2.79. The van der Waals surface area contributed by atoms with Gasteiger partial charge in [0.1, 0.15) is 0 Å². The minimum absolute atomic E-state index is 0.575. The fourth-order valence-corrected chi connectivity index (χ4v) is 2.11. The van der Waals surface area contributed by atoms with E-state index in [0.29, 0.717) is 12.0 Å². The quantitative estimate of drug-likeness (QED) is 0.796. The lowest BCUT2D eigenvalue weighted by atomic mass is 9.95. The summed E-state index contributed by atoms with van der Waals surface area (Å²) in [4.78, 5) is 0. The van der Waals surface area contributed by atoms with Crippen molar-refractivity contribution in [1.29, 1.82) is 0 Å². The van der Waals surface area contributed by atoms with Crippen LogP contribution in [0.15, 0.2) is 18.2 Å². The third-order valence-corrected chi connectivity index (χ3v) is 2.91. The van der Waals surface area contributed by atoms with E-state index in [0.717, 1.165) is 6.42 Å². The van der Waals surface area contributed by atoms with Crippen LogP contribution in [0, 0.1) is 19.8 Å². The highest BCUT2D eigenvalue weighted by Gasteiger charge is 2.11. The molecule has 1 unspecified atom stereocenters. The Labute approximate surface area is 93.9 Å². The fraction of sp³-hybridized carbons (Fsp3) is 0.571. The lowest BCUT2D eigenvalue weighted by Gasteiger charge is -2.20. The van der Waals surface area contributed by atoms with Crippen molar-refractivity contribution in [3.05, 3.63) is 34.9 Å². The number of rotatable bonds is 4. The molecule has 0 fully saturated rings. The van der Waals surface area contributed by atoms with Crippen LogP contribution < -0.4 is 5.32 Å². The summed E-state index contributed by atoms with van der Waals surface area (Å²) < 4.78 is 0. The molecule has 0 bridgehead atoms. The van der Waals surface area contributed by atoms with E-state index in [4.69, 9.17) is 0 Å². The van der Waals surface area contributed by atoms with Crippen molar-refractivity contribution in [2.75, 3.05) is 7.05 Å². The number of hydrogen-bond acceptors (Lipinski definition) is 1. The molecule has 0 heterocycles. The van der Waals surface area contributed by atoms with Gasteiger partial charge in [-0.25, -0.2) is 0 Å². The topological polar surface area (TPSA) is 12.0 Å². The third-order valence-electron chi connectivity index (χ3n) is 2.91. The highest BCUT2D eigenvalue weighted by molar-refractivity contribution is 5.29. The average molecular weight is 205 g/mol. The van der Waals surface area contributed by atoms with Gasteiger partial charge >= 0.3 is 0 Å². The normalized spacial score (nSPS) is 13.2. The first-order valence-electron chi connectivity index (χ1n) is 5.77. The van der Waals surface area contributed by atoms with Crippen LogP contribution in [-0.4, -0.2) is 13.1 Å². The summed E-state index contributed by atoms with van der Waals surface area (Å²) in [5.41, 5.74) is 4.17. The largest absolute Gasteiger partial charge is 0.316 e. The maximum Gasteiger partial charge on any atom is 0.0127 e. The van der Waals surface area contributed by atoms with Crippen molar-refractivity contribution < 1.29 is 0 Å². The third kappa shape index (κ3) is 3.67. The Bertz CT molecular complexity index is 295. The Morgan fingerprint density at radius 2 is 1.60 bits per heavy atom. The van der Waals surface area contributed by atoms with E-state index in [1.807, 2.05) is 7.05 Å². The SMILES string of the molecule is CNC(Cc1cc(C)cc(C)c1)C(C)C. The smallest absolute Gasteiger partial charge is 0.0127 e. The van der Waals surface area contributed by atoms with E-state index in [-0.39, 0.29) is 0 Å². The molecule has 1 heteroatoms. The molecule has 0 aliphatic carbocycles. The number of nitrogens with one attached hydrogen (secondary N) is 1. The van der Waals surface area contributed by atoms with E-state index in [9.17, 15) is 0 Å². The molecule has 84 valence electrons. The standard InChI is InChI=1S/C14H23N/c1-10(2)14(15-5)9-13-7-11(3)6-12(4)8-13/h6-8,10,14-15H,9H2,1-5H3.